The Hall–Kier alpha value is -2.06. The number of sulfone groups is 1. The van der Waals surface area contributed by atoms with Crippen LogP contribution in [0.15, 0.2) is 35.4 Å². The second kappa shape index (κ2) is 8.31. The molecule has 1 aliphatic carbocycles. The van der Waals surface area contributed by atoms with Gasteiger partial charge in [-0.3, -0.25) is 9.59 Å². The largest absolute Gasteiger partial charge is 0.301 e. The Morgan fingerprint density at radius 3 is 2.52 bits per heavy atom. The lowest BCUT2D eigenvalue weighted by Gasteiger charge is -2.20. The van der Waals surface area contributed by atoms with Crippen molar-refractivity contribution in [2.24, 2.45) is 5.92 Å². The third-order valence-electron chi connectivity index (χ3n) is 4.94. The number of carbonyl (C=O) groups is 2. The lowest BCUT2D eigenvalue weighted by molar-refractivity contribution is -0.118. The van der Waals surface area contributed by atoms with Crippen molar-refractivity contribution in [3.05, 3.63) is 40.9 Å². The Balaban J connectivity index is 1.83. The van der Waals surface area contributed by atoms with Gasteiger partial charge < -0.3 is 5.32 Å². The van der Waals surface area contributed by atoms with Crippen LogP contribution in [0.5, 0.6) is 0 Å². The summed E-state index contributed by atoms with van der Waals surface area (Å²) in [4.78, 5) is 28.5. The van der Waals surface area contributed by atoms with E-state index in [-0.39, 0.29) is 16.7 Å². The van der Waals surface area contributed by atoms with Gasteiger partial charge in [0.2, 0.25) is 5.91 Å². The molecule has 1 aliphatic rings. The van der Waals surface area contributed by atoms with Gasteiger partial charge in [0, 0.05) is 6.26 Å². The van der Waals surface area contributed by atoms with E-state index in [2.05, 4.69) is 10.3 Å². The van der Waals surface area contributed by atoms with Crippen molar-refractivity contribution in [1.29, 1.82) is 0 Å². The molecule has 1 atom stereocenters. The van der Waals surface area contributed by atoms with Crippen LogP contribution < -0.4 is 5.32 Å². The fourth-order valence-electron chi connectivity index (χ4n) is 3.51. The summed E-state index contributed by atoms with van der Waals surface area (Å²) in [7, 11) is -3.28. The Morgan fingerprint density at radius 1 is 1.30 bits per heavy atom. The van der Waals surface area contributed by atoms with Gasteiger partial charge >= 0.3 is 0 Å². The summed E-state index contributed by atoms with van der Waals surface area (Å²) in [5.41, 5.74) is 0.791. The first-order valence-corrected chi connectivity index (χ1v) is 11.6. The Labute approximate surface area is 162 Å². The maximum Gasteiger partial charge on any atom is 0.233 e. The third kappa shape index (κ3) is 5.01. The highest BCUT2D eigenvalue weighted by atomic mass is 32.2. The molecule has 0 bridgehead atoms. The van der Waals surface area contributed by atoms with E-state index in [1.54, 1.807) is 24.3 Å². The minimum atomic E-state index is -3.28. The minimum absolute atomic E-state index is 0.180. The van der Waals surface area contributed by atoms with Crippen molar-refractivity contribution < 1.29 is 18.0 Å². The molecule has 1 aromatic carbocycles. The van der Waals surface area contributed by atoms with Crippen LogP contribution in [-0.4, -0.2) is 31.9 Å². The van der Waals surface area contributed by atoms with E-state index in [1.807, 2.05) is 0 Å². The van der Waals surface area contributed by atoms with Crippen molar-refractivity contribution in [2.45, 2.75) is 42.9 Å². The number of benzene rings is 1. The number of thiazole rings is 1. The maximum absolute atomic E-state index is 12.9. The fraction of sp³-hybridized carbons (Fsp3) is 0.421. The van der Waals surface area contributed by atoms with Crippen molar-refractivity contribution in [1.82, 2.24) is 4.98 Å². The predicted molar refractivity (Wildman–Crippen MR) is 105 cm³/mol. The number of nitrogens with one attached hydrogen (secondary N) is 1. The van der Waals surface area contributed by atoms with Crippen molar-refractivity contribution in [2.75, 3.05) is 11.6 Å². The van der Waals surface area contributed by atoms with E-state index < -0.39 is 9.84 Å². The predicted octanol–water partition coefficient (Wildman–Crippen LogP) is 3.66. The number of hydrogen-bond acceptors (Lipinski definition) is 6. The third-order valence-corrected chi connectivity index (χ3v) is 6.91. The van der Waals surface area contributed by atoms with E-state index in [9.17, 15) is 18.0 Å². The molecule has 3 rings (SSSR count). The van der Waals surface area contributed by atoms with Crippen molar-refractivity contribution in [3.63, 3.8) is 0 Å². The molecular formula is C19H22N2O4S2. The zero-order valence-corrected chi connectivity index (χ0v) is 16.7. The summed E-state index contributed by atoms with van der Waals surface area (Å²) in [6.07, 6.45) is 8.60. The van der Waals surface area contributed by atoms with Gasteiger partial charge in [0.05, 0.1) is 21.9 Å². The van der Waals surface area contributed by atoms with Gasteiger partial charge in [-0.1, -0.05) is 49.2 Å². The molecule has 1 amide bonds. The SMILES string of the molecule is CS(=O)(=O)c1ccc([C@@H](CC2CCCC2)C(=O)Nc2ncc(C=O)s2)cc1. The molecule has 1 N–H and O–H groups in total. The Morgan fingerprint density at radius 2 is 1.96 bits per heavy atom. The molecule has 8 heteroatoms. The molecule has 0 spiro atoms. The van der Waals surface area contributed by atoms with Gasteiger partial charge in [-0.05, 0) is 30.0 Å². The summed E-state index contributed by atoms with van der Waals surface area (Å²) in [5.74, 6) is -0.0803. The van der Waals surface area contributed by atoms with Crippen LogP contribution in [0.1, 0.15) is 53.3 Å². The number of carbonyl (C=O) groups excluding carboxylic acids is 2. The first kappa shape index (κ1) is 19.7. The molecule has 0 unspecified atom stereocenters. The van der Waals surface area contributed by atoms with E-state index in [0.717, 1.165) is 42.4 Å². The topological polar surface area (TPSA) is 93.2 Å². The highest BCUT2D eigenvalue weighted by molar-refractivity contribution is 7.90. The van der Waals surface area contributed by atoms with Gasteiger partial charge in [0.1, 0.15) is 0 Å². The highest BCUT2D eigenvalue weighted by Crippen LogP contribution is 2.35. The van der Waals surface area contributed by atoms with Gasteiger partial charge in [-0.15, -0.1) is 0 Å². The number of aromatic nitrogens is 1. The Bertz CT molecular complexity index is 913. The zero-order valence-electron chi connectivity index (χ0n) is 15.1. The average Bonchev–Trinajstić information content (AvgIpc) is 3.30. The van der Waals surface area contributed by atoms with E-state index in [0.29, 0.717) is 22.2 Å². The lowest BCUT2D eigenvalue weighted by atomic mass is 9.87. The van der Waals surface area contributed by atoms with Crippen molar-refractivity contribution in [3.8, 4) is 0 Å². The standard InChI is InChI=1S/C19H22N2O4S2/c1-27(24,25)16-8-6-14(7-9-16)17(10-13-4-2-3-5-13)18(23)21-19-20-11-15(12-22)26-19/h6-9,11-13,17H,2-5,10H2,1H3,(H,20,21,23)/t17-/m1/s1. The van der Waals surface area contributed by atoms with Crippen LogP contribution in [-0.2, 0) is 14.6 Å². The second-order valence-electron chi connectivity index (χ2n) is 6.95. The molecule has 1 saturated carbocycles. The molecule has 1 heterocycles. The molecule has 0 radical (unpaired) electrons. The van der Waals surface area contributed by atoms with Gasteiger partial charge in [0.15, 0.2) is 21.3 Å². The van der Waals surface area contributed by atoms with Crippen LogP contribution in [0.25, 0.3) is 0 Å². The van der Waals surface area contributed by atoms with Gasteiger partial charge in [-0.25, -0.2) is 13.4 Å². The normalized spacial score (nSPS) is 16.2. The molecule has 1 aromatic heterocycles. The monoisotopic (exact) mass is 406 g/mol. The molecular weight excluding hydrogens is 384 g/mol. The van der Waals surface area contributed by atoms with Crippen LogP contribution >= 0.6 is 11.3 Å². The summed E-state index contributed by atoms with van der Waals surface area (Å²) < 4.78 is 23.4. The van der Waals surface area contributed by atoms with E-state index >= 15 is 0 Å². The first-order chi connectivity index (χ1) is 12.9. The van der Waals surface area contributed by atoms with Crippen molar-refractivity contribution >= 4 is 38.5 Å². The van der Waals surface area contributed by atoms with E-state index in [1.165, 1.54) is 19.0 Å². The number of nitrogens with zero attached hydrogens (tertiary/aromatic N) is 1. The maximum atomic E-state index is 12.9. The number of anilines is 1. The average molecular weight is 407 g/mol. The number of hydrogen-bond donors (Lipinski definition) is 1. The van der Waals surface area contributed by atoms with Gasteiger partial charge in [0.25, 0.3) is 0 Å². The fourth-order valence-corrected chi connectivity index (χ4v) is 4.78. The zero-order chi connectivity index (χ0) is 19.4. The quantitative estimate of drug-likeness (QED) is 0.708. The molecule has 6 nitrogen and oxygen atoms in total. The number of rotatable bonds is 7. The minimum Gasteiger partial charge on any atom is -0.301 e. The lowest BCUT2D eigenvalue weighted by Crippen LogP contribution is -2.23. The summed E-state index contributed by atoms with van der Waals surface area (Å²) in [5, 5.41) is 3.20. The molecule has 2 aromatic rings. The van der Waals surface area contributed by atoms with Crippen LogP contribution in [0.2, 0.25) is 0 Å². The second-order valence-corrected chi connectivity index (χ2v) is 10.0. The first-order valence-electron chi connectivity index (χ1n) is 8.88. The number of aldehydes is 1. The smallest absolute Gasteiger partial charge is 0.233 e. The Kier molecular flexibility index (Phi) is 6.06. The highest BCUT2D eigenvalue weighted by Gasteiger charge is 2.27. The summed E-state index contributed by atoms with van der Waals surface area (Å²) in [6, 6.07) is 6.53. The molecule has 144 valence electrons. The summed E-state index contributed by atoms with van der Waals surface area (Å²) >= 11 is 1.13. The van der Waals surface area contributed by atoms with Crippen LogP contribution in [0.3, 0.4) is 0 Å². The summed E-state index contributed by atoms with van der Waals surface area (Å²) in [6.45, 7) is 0. The van der Waals surface area contributed by atoms with Crippen LogP contribution in [0, 0.1) is 5.92 Å². The van der Waals surface area contributed by atoms with E-state index in [4.69, 9.17) is 0 Å². The number of amides is 1. The molecule has 1 fully saturated rings. The molecule has 0 aliphatic heterocycles. The van der Waals surface area contributed by atoms with Gasteiger partial charge in [-0.2, -0.15) is 0 Å². The van der Waals surface area contributed by atoms with Crippen LogP contribution in [0.4, 0.5) is 5.13 Å². The molecule has 27 heavy (non-hydrogen) atoms. The molecule has 0 saturated heterocycles.